The number of methoxy groups -OCH3 is 2. The molecule has 0 amide bonds. The molecule has 0 bridgehead atoms. The van der Waals surface area contributed by atoms with Gasteiger partial charge in [0.05, 0.1) is 30.1 Å². The Hall–Kier alpha value is -2.01. The van der Waals surface area contributed by atoms with Gasteiger partial charge in [-0.1, -0.05) is 0 Å². The number of nitrogens with zero attached hydrogens (tertiary/aromatic N) is 1. The molecule has 2 aromatic heterocycles. The van der Waals surface area contributed by atoms with Gasteiger partial charge in [0.2, 0.25) is 0 Å². The van der Waals surface area contributed by atoms with Crippen LogP contribution in [0, 0.1) is 0 Å². The fraction of sp³-hybridized carbons (Fsp3) is 0.154. The maximum Gasteiger partial charge on any atom is 0.148 e. The number of ether oxygens (including phenoxy) is 2. The molecule has 1 aromatic carbocycles. The van der Waals surface area contributed by atoms with Crippen LogP contribution in [0.25, 0.3) is 21.7 Å². The molecular weight excluding hydrogens is 248 g/mol. The Morgan fingerprint density at radius 1 is 1.11 bits per heavy atom. The third kappa shape index (κ3) is 1.82. The van der Waals surface area contributed by atoms with Crippen molar-refractivity contribution in [3.63, 3.8) is 0 Å². The van der Waals surface area contributed by atoms with Crippen LogP contribution in [-0.4, -0.2) is 24.2 Å². The van der Waals surface area contributed by atoms with Crippen molar-refractivity contribution in [3.8, 4) is 22.2 Å². The Morgan fingerprint density at radius 3 is 2.67 bits per heavy atom. The van der Waals surface area contributed by atoms with Crippen molar-refractivity contribution in [2.45, 2.75) is 0 Å². The van der Waals surface area contributed by atoms with Gasteiger partial charge in [-0.3, -0.25) is 0 Å². The van der Waals surface area contributed by atoms with Crippen LogP contribution in [0.5, 0.6) is 11.5 Å². The normalized spacial score (nSPS) is 10.8. The van der Waals surface area contributed by atoms with Crippen molar-refractivity contribution < 1.29 is 9.47 Å². The molecule has 0 unspecified atom stereocenters. The van der Waals surface area contributed by atoms with Crippen molar-refractivity contribution in [2.75, 3.05) is 14.2 Å². The van der Waals surface area contributed by atoms with E-state index in [9.17, 15) is 0 Å². The summed E-state index contributed by atoms with van der Waals surface area (Å²) in [6, 6.07) is 7.76. The first-order valence-electron chi connectivity index (χ1n) is 5.47. The molecule has 0 radical (unpaired) electrons. The van der Waals surface area contributed by atoms with E-state index in [1.807, 2.05) is 29.6 Å². The van der Waals surface area contributed by atoms with E-state index in [2.05, 4.69) is 9.97 Å². The van der Waals surface area contributed by atoms with E-state index in [1.165, 1.54) is 0 Å². The van der Waals surface area contributed by atoms with E-state index in [1.54, 1.807) is 25.6 Å². The maximum absolute atomic E-state index is 5.19. The molecule has 0 aliphatic rings. The second-order valence-corrected chi connectivity index (χ2v) is 4.73. The van der Waals surface area contributed by atoms with Gasteiger partial charge in [0.15, 0.2) is 0 Å². The zero-order valence-electron chi connectivity index (χ0n) is 10.1. The van der Waals surface area contributed by atoms with Gasteiger partial charge in [0, 0.05) is 17.5 Å². The first kappa shape index (κ1) is 11.1. The highest BCUT2D eigenvalue weighted by molar-refractivity contribution is 7.13. The van der Waals surface area contributed by atoms with Crippen LogP contribution < -0.4 is 9.47 Å². The van der Waals surface area contributed by atoms with E-state index >= 15 is 0 Å². The molecule has 0 fully saturated rings. The highest BCUT2D eigenvalue weighted by atomic mass is 32.1. The van der Waals surface area contributed by atoms with Crippen LogP contribution in [0.3, 0.4) is 0 Å². The molecule has 4 nitrogen and oxygen atoms in total. The first-order valence-corrected chi connectivity index (χ1v) is 6.35. The van der Waals surface area contributed by atoms with Crippen LogP contribution in [0.15, 0.2) is 29.6 Å². The second-order valence-electron chi connectivity index (χ2n) is 3.82. The number of rotatable bonds is 3. The molecule has 1 N–H and O–H groups in total. The zero-order chi connectivity index (χ0) is 12.5. The van der Waals surface area contributed by atoms with Crippen molar-refractivity contribution >= 4 is 22.4 Å². The van der Waals surface area contributed by atoms with Crippen LogP contribution in [0.2, 0.25) is 0 Å². The molecule has 0 aliphatic carbocycles. The van der Waals surface area contributed by atoms with Crippen LogP contribution in [0.4, 0.5) is 0 Å². The second kappa shape index (κ2) is 4.34. The molecule has 2 heterocycles. The molecule has 3 rings (SSSR count). The quantitative estimate of drug-likeness (QED) is 0.786. The Bertz CT molecular complexity index is 687. The Labute approximate surface area is 108 Å². The average molecular weight is 260 g/mol. The lowest BCUT2D eigenvalue weighted by Gasteiger charge is -1.96. The minimum absolute atomic E-state index is 0.821. The van der Waals surface area contributed by atoms with Gasteiger partial charge in [-0.25, -0.2) is 4.98 Å². The number of nitrogens with one attached hydrogen (secondary N) is 1. The van der Waals surface area contributed by atoms with E-state index < -0.39 is 0 Å². The largest absolute Gasteiger partial charge is 0.497 e. The number of fused-ring (bicyclic) bond motifs is 1. The van der Waals surface area contributed by atoms with Crippen molar-refractivity contribution in [1.82, 2.24) is 9.97 Å². The number of aromatic amines is 1. The van der Waals surface area contributed by atoms with Gasteiger partial charge in [0.1, 0.15) is 17.3 Å². The number of hydrogen-bond acceptors (Lipinski definition) is 4. The van der Waals surface area contributed by atoms with Crippen LogP contribution >= 0.6 is 11.3 Å². The fourth-order valence-electron chi connectivity index (χ4n) is 1.78. The average Bonchev–Trinajstić information content (AvgIpc) is 3.03. The molecule has 0 spiro atoms. The summed E-state index contributed by atoms with van der Waals surface area (Å²) in [7, 11) is 3.32. The number of thiophene rings is 1. The lowest BCUT2D eigenvalue weighted by Crippen LogP contribution is -1.81. The topological polar surface area (TPSA) is 47.1 Å². The van der Waals surface area contributed by atoms with Gasteiger partial charge in [-0.15, -0.1) is 11.3 Å². The number of aromatic nitrogens is 2. The fourth-order valence-corrected chi connectivity index (χ4v) is 2.58. The van der Waals surface area contributed by atoms with Gasteiger partial charge < -0.3 is 14.5 Å². The third-order valence-corrected chi connectivity index (χ3v) is 3.65. The van der Waals surface area contributed by atoms with Crippen molar-refractivity contribution in [3.05, 3.63) is 29.6 Å². The Kier molecular flexibility index (Phi) is 2.68. The van der Waals surface area contributed by atoms with Gasteiger partial charge >= 0.3 is 0 Å². The maximum atomic E-state index is 5.19. The highest BCUT2D eigenvalue weighted by Crippen LogP contribution is 2.31. The molecular formula is C13H12N2O2S. The van der Waals surface area contributed by atoms with Gasteiger partial charge in [-0.05, 0) is 12.1 Å². The summed E-state index contributed by atoms with van der Waals surface area (Å²) >= 11 is 1.60. The van der Waals surface area contributed by atoms with E-state index in [0.29, 0.717) is 0 Å². The lowest BCUT2D eigenvalue weighted by molar-refractivity contribution is 0.415. The summed E-state index contributed by atoms with van der Waals surface area (Å²) in [5.41, 5.74) is 1.90. The Balaban J connectivity index is 2.07. The molecule has 3 aromatic rings. The van der Waals surface area contributed by atoms with E-state index in [4.69, 9.17) is 9.47 Å². The highest BCUT2D eigenvalue weighted by Gasteiger charge is 2.08. The molecule has 0 saturated heterocycles. The SMILES string of the molecule is COc1csc(-c2nc3ccc(OC)cc3[nH]2)c1. The predicted octanol–water partition coefficient (Wildman–Crippen LogP) is 3.31. The molecule has 0 atom stereocenters. The summed E-state index contributed by atoms with van der Waals surface area (Å²) in [5, 5.41) is 1.96. The Morgan fingerprint density at radius 2 is 1.94 bits per heavy atom. The summed E-state index contributed by atoms with van der Waals surface area (Å²) in [6.07, 6.45) is 0. The zero-order valence-corrected chi connectivity index (χ0v) is 10.9. The standard InChI is InChI=1S/C13H12N2O2S/c1-16-8-3-4-10-11(5-8)15-13(14-10)12-6-9(17-2)7-18-12/h3-7H,1-2H3,(H,14,15). The van der Waals surface area contributed by atoms with Gasteiger partial charge in [-0.2, -0.15) is 0 Å². The van der Waals surface area contributed by atoms with Crippen molar-refractivity contribution in [2.24, 2.45) is 0 Å². The first-order chi connectivity index (χ1) is 8.80. The van der Waals surface area contributed by atoms with Crippen molar-refractivity contribution in [1.29, 1.82) is 0 Å². The molecule has 0 saturated carbocycles. The third-order valence-electron chi connectivity index (χ3n) is 2.73. The summed E-state index contributed by atoms with van der Waals surface area (Å²) in [5.74, 6) is 2.53. The minimum Gasteiger partial charge on any atom is -0.497 e. The number of benzene rings is 1. The minimum atomic E-state index is 0.821. The van der Waals surface area contributed by atoms with E-state index in [-0.39, 0.29) is 0 Å². The molecule has 0 aliphatic heterocycles. The van der Waals surface area contributed by atoms with Crippen LogP contribution in [-0.2, 0) is 0 Å². The van der Waals surface area contributed by atoms with Crippen LogP contribution in [0.1, 0.15) is 0 Å². The molecule has 18 heavy (non-hydrogen) atoms. The predicted molar refractivity (Wildman–Crippen MR) is 72.5 cm³/mol. The smallest absolute Gasteiger partial charge is 0.148 e. The monoisotopic (exact) mass is 260 g/mol. The summed E-state index contributed by atoms with van der Waals surface area (Å²) in [6.45, 7) is 0. The number of imidazole rings is 1. The van der Waals surface area contributed by atoms with E-state index in [0.717, 1.165) is 33.2 Å². The number of hydrogen-bond donors (Lipinski definition) is 1. The lowest BCUT2D eigenvalue weighted by atomic mass is 10.3. The van der Waals surface area contributed by atoms with Gasteiger partial charge in [0.25, 0.3) is 0 Å². The molecule has 5 heteroatoms. The molecule has 92 valence electrons. The summed E-state index contributed by atoms with van der Waals surface area (Å²) in [4.78, 5) is 8.89. The number of H-pyrrole nitrogens is 1. The summed E-state index contributed by atoms with van der Waals surface area (Å²) < 4.78 is 10.4.